The number of aromatic nitrogens is 3. The van der Waals surface area contributed by atoms with Gasteiger partial charge < -0.3 is 16.0 Å². The predicted molar refractivity (Wildman–Crippen MR) is 78.6 cm³/mol. The van der Waals surface area contributed by atoms with Crippen LogP contribution in [-0.2, 0) is 6.42 Å². The van der Waals surface area contributed by atoms with Crippen molar-refractivity contribution in [2.45, 2.75) is 13.3 Å². The molecule has 0 bridgehead atoms. The Balaban J connectivity index is 1.88. The molecule has 0 aliphatic heterocycles. The van der Waals surface area contributed by atoms with E-state index in [9.17, 15) is 4.79 Å². The molecule has 0 radical (unpaired) electrons. The van der Waals surface area contributed by atoms with Gasteiger partial charge in [0.1, 0.15) is 0 Å². The summed E-state index contributed by atoms with van der Waals surface area (Å²) in [4.78, 5) is 15.3. The van der Waals surface area contributed by atoms with Crippen molar-refractivity contribution in [3.8, 4) is 0 Å². The highest BCUT2D eigenvalue weighted by atomic mass is 16.1. The predicted octanol–water partition coefficient (Wildman–Crippen LogP) is 2.29. The molecule has 0 fully saturated rings. The molecule has 102 valence electrons. The van der Waals surface area contributed by atoms with Gasteiger partial charge in [-0.3, -0.25) is 9.89 Å². The zero-order valence-corrected chi connectivity index (χ0v) is 11.0. The molecule has 1 aromatic carbocycles. The van der Waals surface area contributed by atoms with Crippen molar-refractivity contribution in [1.29, 1.82) is 0 Å². The fraction of sp³-hybridized carbons (Fsp3) is 0.143. The lowest BCUT2D eigenvalue weighted by Crippen LogP contribution is -2.11. The van der Waals surface area contributed by atoms with E-state index in [0.29, 0.717) is 17.1 Å². The van der Waals surface area contributed by atoms with E-state index < -0.39 is 0 Å². The van der Waals surface area contributed by atoms with Crippen molar-refractivity contribution in [3.63, 3.8) is 0 Å². The molecule has 1 amide bonds. The number of nitrogen functional groups attached to an aromatic ring is 1. The van der Waals surface area contributed by atoms with Crippen LogP contribution in [0.5, 0.6) is 0 Å². The molecule has 20 heavy (non-hydrogen) atoms. The Bertz CT molecular complexity index is 771. The van der Waals surface area contributed by atoms with Gasteiger partial charge in [0.15, 0.2) is 5.82 Å². The molecule has 0 unspecified atom stereocenters. The van der Waals surface area contributed by atoms with Crippen LogP contribution >= 0.6 is 0 Å². The minimum Gasteiger partial charge on any atom is -0.399 e. The van der Waals surface area contributed by atoms with Crippen molar-refractivity contribution >= 4 is 28.3 Å². The number of carbonyl (C=O) groups excluding carboxylic acids is 1. The summed E-state index contributed by atoms with van der Waals surface area (Å²) in [7, 11) is 0. The van der Waals surface area contributed by atoms with Crippen molar-refractivity contribution < 1.29 is 4.79 Å². The van der Waals surface area contributed by atoms with E-state index >= 15 is 0 Å². The molecule has 6 nitrogen and oxygen atoms in total. The maximum atomic E-state index is 12.3. The average Bonchev–Trinajstić information content (AvgIpc) is 3.04. The first kappa shape index (κ1) is 12.3. The summed E-state index contributed by atoms with van der Waals surface area (Å²) in [5.74, 6) is 0.326. The van der Waals surface area contributed by atoms with Crippen LogP contribution in [0, 0.1) is 0 Å². The lowest BCUT2D eigenvalue weighted by Gasteiger charge is -2.00. The van der Waals surface area contributed by atoms with Crippen molar-refractivity contribution in [2.75, 3.05) is 11.1 Å². The Labute approximate surface area is 115 Å². The fourth-order valence-electron chi connectivity index (χ4n) is 2.12. The van der Waals surface area contributed by atoms with E-state index in [-0.39, 0.29) is 5.91 Å². The van der Waals surface area contributed by atoms with E-state index in [0.717, 1.165) is 23.0 Å². The average molecular weight is 269 g/mol. The molecule has 0 atom stereocenters. The van der Waals surface area contributed by atoms with Gasteiger partial charge in [-0.05, 0) is 24.6 Å². The highest BCUT2D eigenvalue weighted by Crippen LogP contribution is 2.21. The number of hydrogen-bond donors (Lipinski definition) is 4. The number of carbonyl (C=O) groups is 1. The van der Waals surface area contributed by atoms with Crippen LogP contribution < -0.4 is 11.1 Å². The molecule has 0 aliphatic carbocycles. The topological polar surface area (TPSA) is 99.6 Å². The lowest BCUT2D eigenvalue weighted by atomic mass is 10.1. The summed E-state index contributed by atoms with van der Waals surface area (Å²) >= 11 is 0. The Kier molecular flexibility index (Phi) is 2.90. The lowest BCUT2D eigenvalue weighted by molar-refractivity contribution is 0.102. The summed E-state index contributed by atoms with van der Waals surface area (Å²) < 4.78 is 0. The minimum atomic E-state index is -0.199. The van der Waals surface area contributed by atoms with Gasteiger partial charge in [0, 0.05) is 34.5 Å². The third-order valence-electron chi connectivity index (χ3n) is 3.20. The Morgan fingerprint density at radius 1 is 1.40 bits per heavy atom. The normalized spacial score (nSPS) is 10.8. The number of H-pyrrole nitrogens is 2. The molecule has 0 spiro atoms. The summed E-state index contributed by atoms with van der Waals surface area (Å²) in [5, 5.41) is 10.5. The zero-order valence-electron chi connectivity index (χ0n) is 11.0. The zero-order chi connectivity index (χ0) is 14.1. The van der Waals surface area contributed by atoms with Gasteiger partial charge in [0.05, 0.1) is 5.56 Å². The number of nitrogens with two attached hydrogens (primary N) is 1. The van der Waals surface area contributed by atoms with Gasteiger partial charge in [-0.2, -0.15) is 5.10 Å². The van der Waals surface area contributed by atoms with Crippen molar-refractivity contribution in [3.05, 3.63) is 41.7 Å². The van der Waals surface area contributed by atoms with E-state index in [2.05, 4.69) is 20.5 Å². The Morgan fingerprint density at radius 2 is 2.25 bits per heavy atom. The maximum absolute atomic E-state index is 12.3. The Morgan fingerprint density at radius 3 is 3.00 bits per heavy atom. The van der Waals surface area contributed by atoms with E-state index in [4.69, 9.17) is 5.73 Å². The van der Waals surface area contributed by atoms with Crippen LogP contribution in [0.2, 0.25) is 0 Å². The third-order valence-corrected chi connectivity index (χ3v) is 3.20. The van der Waals surface area contributed by atoms with Crippen LogP contribution in [0.15, 0.2) is 30.5 Å². The molecular formula is C14H15N5O. The van der Waals surface area contributed by atoms with Crippen molar-refractivity contribution in [1.82, 2.24) is 15.2 Å². The summed E-state index contributed by atoms with van der Waals surface area (Å²) in [6.45, 7) is 2.02. The third kappa shape index (κ3) is 2.11. The largest absolute Gasteiger partial charge is 0.399 e. The monoisotopic (exact) mass is 269 g/mol. The molecular weight excluding hydrogens is 254 g/mol. The van der Waals surface area contributed by atoms with Gasteiger partial charge in [-0.15, -0.1) is 0 Å². The highest BCUT2D eigenvalue weighted by Gasteiger charge is 2.13. The second kappa shape index (κ2) is 4.73. The molecule has 0 aliphatic rings. The first-order valence-electron chi connectivity index (χ1n) is 6.39. The number of amides is 1. The summed E-state index contributed by atoms with van der Waals surface area (Å²) in [6.07, 6.45) is 2.52. The second-order valence-corrected chi connectivity index (χ2v) is 4.59. The van der Waals surface area contributed by atoms with E-state index in [1.54, 1.807) is 18.3 Å². The molecule has 6 heteroatoms. The summed E-state index contributed by atoms with van der Waals surface area (Å²) in [5.41, 5.74) is 8.76. The smallest absolute Gasteiger partial charge is 0.259 e. The van der Waals surface area contributed by atoms with Crippen LogP contribution in [0.4, 0.5) is 11.5 Å². The molecule has 3 aromatic rings. The van der Waals surface area contributed by atoms with Gasteiger partial charge in [-0.1, -0.05) is 6.92 Å². The van der Waals surface area contributed by atoms with E-state index in [1.807, 2.05) is 19.1 Å². The molecule has 3 rings (SSSR count). The number of anilines is 2. The van der Waals surface area contributed by atoms with Gasteiger partial charge in [-0.25, -0.2) is 0 Å². The molecule has 2 aromatic heterocycles. The molecule has 0 saturated heterocycles. The number of aromatic amines is 2. The summed E-state index contributed by atoms with van der Waals surface area (Å²) in [6, 6.07) is 7.23. The number of hydrogen-bond acceptors (Lipinski definition) is 3. The van der Waals surface area contributed by atoms with Crippen molar-refractivity contribution in [2.24, 2.45) is 0 Å². The van der Waals surface area contributed by atoms with Crippen LogP contribution in [0.25, 0.3) is 10.9 Å². The molecule has 5 N–H and O–H groups in total. The van der Waals surface area contributed by atoms with Gasteiger partial charge in [0.2, 0.25) is 0 Å². The first-order chi connectivity index (χ1) is 9.67. The maximum Gasteiger partial charge on any atom is 0.259 e. The van der Waals surface area contributed by atoms with Gasteiger partial charge >= 0.3 is 0 Å². The first-order valence-corrected chi connectivity index (χ1v) is 6.39. The number of benzene rings is 1. The number of rotatable bonds is 3. The quantitative estimate of drug-likeness (QED) is 0.549. The Hall–Kier alpha value is -2.76. The van der Waals surface area contributed by atoms with Crippen LogP contribution in [0.1, 0.15) is 23.0 Å². The number of nitrogens with zero attached hydrogens (tertiary/aromatic N) is 1. The SMILES string of the molecule is CCc1cc(NC(=O)c2c[nH]c3cc(N)ccc23)n[nH]1. The number of fused-ring (bicyclic) bond motifs is 1. The fourth-order valence-corrected chi connectivity index (χ4v) is 2.12. The molecule has 0 saturated carbocycles. The highest BCUT2D eigenvalue weighted by molar-refractivity contribution is 6.12. The van der Waals surface area contributed by atoms with E-state index in [1.165, 1.54) is 0 Å². The molecule has 2 heterocycles. The number of aryl methyl sites for hydroxylation is 1. The number of nitrogens with one attached hydrogen (secondary N) is 3. The van der Waals surface area contributed by atoms with Crippen LogP contribution in [-0.4, -0.2) is 21.1 Å². The van der Waals surface area contributed by atoms with Gasteiger partial charge in [0.25, 0.3) is 5.91 Å². The van der Waals surface area contributed by atoms with Crippen LogP contribution in [0.3, 0.4) is 0 Å². The second-order valence-electron chi connectivity index (χ2n) is 4.59. The minimum absolute atomic E-state index is 0.199. The standard InChI is InChI=1S/C14H15N5O/c1-2-9-6-13(19-18-9)17-14(20)11-7-16-12-5-8(15)3-4-10(11)12/h3-7,16H,2,15H2,1H3,(H2,17,18,19,20).